The van der Waals surface area contributed by atoms with E-state index in [1.807, 2.05) is 12.1 Å². The Morgan fingerprint density at radius 3 is 2.79 bits per heavy atom. The largest absolute Gasteiger partial charge is 0.382 e. The van der Waals surface area contributed by atoms with E-state index in [1.54, 1.807) is 41.5 Å². The zero-order chi connectivity index (χ0) is 22.5. The molecule has 12 nitrogen and oxygen atoms in total. The van der Waals surface area contributed by atoms with Crippen LogP contribution < -0.4 is 10.6 Å². The van der Waals surface area contributed by atoms with Crippen LogP contribution in [0.3, 0.4) is 0 Å². The van der Waals surface area contributed by atoms with E-state index in [1.165, 1.54) is 4.90 Å². The number of hydrogen-bond donors (Lipinski definition) is 3. The second kappa shape index (κ2) is 7.39. The van der Waals surface area contributed by atoms with E-state index in [4.69, 9.17) is 15.0 Å². The number of fused-ring (bicyclic) bond motifs is 2. The third kappa shape index (κ3) is 3.20. The first kappa shape index (κ1) is 19.4. The van der Waals surface area contributed by atoms with Gasteiger partial charge in [-0.25, -0.2) is 19.8 Å². The number of carbonyl (C=O) groups excluding carboxylic acids is 1. The number of morpholine rings is 1. The van der Waals surface area contributed by atoms with Crippen LogP contribution in [0, 0.1) is 0 Å². The molecule has 2 atom stereocenters. The minimum Gasteiger partial charge on any atom is -0.382 e. The van der Waals surface area contributed by atoms with Gasteiger partial charge >= 0.3 is 0 Å². The van der Waals surface area contributed by atoms with Crippen LogP contribution in [0.4, 0.5) is 11.6 Å². The van der Waals surface area contributed by atoms with Gasteiger partial charge < -0.3 is 20.1 Å². The first-order valence-corrected chi connectivity index (χ1v) is 10.2. The molecule has 5 aromatic rings. The molecule has 0 saturated carbocycles. The highest BCUT2D eigenvalue weighted by molar-refractivity contribution is 5.98. The molecule has 2 unspecified atom stereocenters. The van der Waals surface area contributed by atoms with Gasteiger partial charge in [-0.15, -0.1) is 5.10 Å². The SMILES string of the molecule is Nc1[nH]oc2cc3nc(C(O)C4OCCN(c5ccn(-c6ccncc6)n5)C4=O)nc3cc12. The Hall–Kier alpha value is -4.29. The number of aliphatic hydroxyl groups is 1. The Balaban J connectivity index is 1.27. The van der Waals surface area contributed by atoms with Crippen LogP contribution in [0.5, 0.6) is 0 Å². The van der Waals surface area contributed by atoms with Crippen molar-refractivity contribution in [3.05, 3.63) is 54.7 Å². The molecular weight excluding hydrogens is 428 g/mol. The maximum Gasteiger partial charge on any atom is 0.260 e. The molecule has 1 aliphatic heterocycles. The summed E-state index contributed by atoms with van der Waals surface area (Å²) in [6.07, 6.45) is 2.56. The molecule has 1 aliphatic rings. The van der Waals surface area contributed by atoms with Crippen molar-refractivity contribution in [3.63, 3.8) is 0 Å². The molecule has 1 amide bonds. The lowest BCUT2D eigenvalue weighted by Crippen LogP contribution is -2.50. The van der Waals surface area contributed by atoms with Crippen molar-refractivity contribution >= 4 is 39.5 Å². The van der Waals surface area contributed by atoms with Gasteiger partial charge in [0.15, 0.2) is 23.3 Å². The van der Waals surface area contributed by atoms with Crippen LogP contribution in [-0.2, 0) is 9.53 Å². The van der Waals surface area contributed by atoms with Crippen molar-refractivity contribution in [2.75, 3.05) is 23.8 Å². The van der Waals surface area contributed by atoms with Crippen molar-refractivity contribution in [2.45, 2.75) is 12.2 Å². The zero-order valence-corrected chi connectivity index (χ0v) is 17.1. The van der Waals surface area contributed by atoms with Crippen molar-refractivity contribution in [1.29, 1.82) is 0 Å². The minimum absolute atomic E-state index is 0.0859. The number of benzene rings is 1. The number of rotatable bonds is 4. The highest BCUT2D eigenvalue weighted by Gasteiger charge is 2.39. The summed E-state index contributed by atoms with van der Waals surface area (Å²) in [6.45, 7) is 0.542. The summed E-state index contributed by atoms with van der Waals surface area (Å²) in [5.41, 5.74) is 8.21. The highest BCUT2D eigenvalue weighted by atomic mass is 16.5. The third-order valence-corrected chi connectivity index (χ3v) is 5.56. The number of carbonyl (C=O) groups is 1. The summed E-state index contributed by atoms with van der Waals surface area (Å²) < 4.78 is 12.5. The zero-order valence-electron chi connectivity index (χ0n) is 17.1. The number of pyridine rings is 1. The Kier molecular flexibility index (Phi) is 4.35. The molecule has 0 radical (unpaired) electrons. The van der Waals surface area contributed by atoms with Crippen molar-refractivity contribution in [1.82, 2.24) is 29.9 Å². The van der Waals surface area contributed by atoms with Crippen LogP contribution in [0.15, 0.2) is 53.4 Å². The van der Waals surface area contributed by atoms with E-state index in [0.29, 0.717) is 40.2 Å². The lowest BCUT2D eigenvalue weighted by molar-refractivity contribution is -0.143. The normalized spacial score (nSPS) is 17.8. The predicted molar refractivity (Wildman–Crippen MR) is 116 cm³/mol. The molecule has 166 valence electrons. The first-order chi connectivity index (χ1) is 16.1. The van der Waals surface area contributed by atoms with E-state index in [0.717, 1.165) is 5.69 Å². The molecule has 0 spiro atoms. The van der Waals surface area contributed by atoms with Gasteiger partial charge in [0.2, 0.25) is 0 Å². The van der Waals surface area contributed by atoms with Crippen LogP contribution in [0.1, 0.15) is 11.9 Å². The summed E-state index contributed by atoms with van der Waals surface area (Å²) in [5, 5.41) is 18.7. The fourth-order valence-corrected chi connectivity index (χ4v) is 3.89. The van der Waals surface area contributed by atoms with Gasteiger partial charge in [0.25, 0.3) is 5.91 Å². The molecule has 0 bridgehead atoms. The number of nitrogens with two attached hydrogens (primary N) is 1. The van der Waals surface area contributed by atoms with Crippen molar-refractivity contribution in [3.8, 4) is 5.69 Å². The van der Waals surface area contributed by atoms with Crippen LogP contribution in [-0.4, -0.2) is 60.2 Å². The molecule has 0 aliphatic carbocycles. The fourth-order valence-electron chi connectivity index (χ4n) is 3.89. The van der Waals surface area contributed by atoms with E-state index in [-0.39, 0.29) is 12.4 Å². The lowest BCUT2D eigenvalue weighted by Gasteiger charge is -2.32. The van der Waals surface area contributed by atoms with Crippen LogP contribution >= 0.6 is 0 Å². The van der Waals surface area contributed by atoms with E-state index in [9.17, 15) is 9.90 Å². The van der Waals surface area contributed by atoms with Crippen LogP contribution in [0.25, 0.3) is 27.7 Å². The average molecular weight is 446 g/mol. The van der Waals surface area contributed by atoms with Gasteiger partial charge in [0, 0.05) is 30.7 Å². The second-order valence-corrected chi connectivity index (χ2v) is 7.59. The van der Waals surface area contributed by atoms with Gasteiger partial charge in [-0.2, -0.15) is 0 Å². The summed E-state index contributed by atoms with van der Waals surface area (Å²) >= 11 is 0. The molecule has 33 heavy (non-hydrogen) atoms. The Morgan fingerprint density at radius 2 is 1.97 bits per heavy atom. The predicted octanol–water partition coefficient (Wildman–Crippen LogP) is 1.33. The quantitative estimate of drug-likeness (QED) is 0.370. The number of nitrogens with one attached hydrogen (secondary N) is 1. The number of imidazole rings is 1. The number of aromatic nitrogens is 6. The summed E-state index contributed by atoms with van der Waals surface area (Å²) in [5.74, 6) is 0.487. The number of aromatic amines is 1. The van der Waals surface area contributed by atoms with E-state index < -0.39 is 18.1 Å². The molecule has 6 rings (SSSR count). The maximum absolute atomic E-state index is 13.2. The molecule has 1 saturated heterocycles. The topological polar surface area (TPSA) is 161 Å². The molecule has 1 fully saturated rings. The minimum atomic E-state index is -1.36. The molecular formula is C21H18N8O4. The molecule has 4 aromatic heterocycles. The molecule has 4 N–H and O–H groups in total. The number of nitrogen functional groups attached to an aromatic ring is 1. The van der Waals surface area contributed by atoms with Crippen molar-refractivity contribution < 1.29 is 19.2 Å². The number of hydrogen-bond acceptors (Lipinski definition) is 9. The number of ether oxygens (including phenoxy) is 1. The Bertz CT molecular complexity index is 1470. The third-order valence-electron chi connectivity index (χ3n) is 5.56. The average Bonchev–Trinajstić information content (AvgIpc) is 3.57. The van der Waals surface area contributed by atoms with Gasteiger partial charge in [-0.3, -0.25) is 14.7 Å². The van der Waals surface area contributed by atoms with Gasteiger partial charge in [0.1, 0.15) is 11.9 Å². The Labute approximate surface area is 185 Å². The number of aliphatic hydroxyl groups excluding tert-OH is 1. The smallest absolute Gasteiger partial charge is 0.260 e. The second-order valence-electron chi connectivity index (χ2n) is 7.59. The standard InChI is InChI=1S/C21H18N8O4/c22-19-12-9-13-14(10-15(12)33-27-19)25-20(24-13)17(30)18-21(31)28(7-8-32-18)16-3-6-29(26-16)11-1-4-23-5-2-11/h1-6,9-10,17-18,27,30H,7-8,22H2. The summed E-state index contributed by atoms with van der Waals surface area (Å²) in [6, 6.07) is 8.73. The van der Waals surface area contributed by atoms with Gasteiger partial charge in [-0.05, 0) is 18.2 Å². The maximum atomic E-state index is 13.2. The highest BCUT2D eigenvalue weighted by Crippen LogP contribution is 2.29. The van der Waals surface area contributed by atoms with Gasteiger partial charge in [0.05, 0.1) is 35.3 Å². The van der Waals surface area contributed by atoms with E-state index >= 15 is 0 Å². The fraction of sp³-hybridized carbons (Fsp3) is 0.190. The summed E-state index contributed by atoms with van der Waals surface area (Å²) in [7, 11) is 0. The lowest BCUT2D eigenvalue weighted by atomic mass is 10.1. The molecule has 12 heteroatoms. The first-order valence-electron chi connectivity index (χ1n) is 10.2. The molecule has 1 aromatic carbocycles. The number of H-pyrrole nitrogens is 1. The van der Waals surface area contributed by atoms with Crippen molar-refractivity contribution in [2.24, 2.45) is 0 Å². The number of nitrogens with zero attached hydrogens (tertiary/aromatic N) is 6. The van der Waals surface area contributed by atoms with Gasteiger partial charge in [-0.1, -0.05) is 0 Å². The van der Waals surface area contributed by atoms with E-state index in [2.05, 4.69) is 25.2 Å². The Morgan fingerprint density at radius 1 is 1.18 bits per heavy atom. The molecule has 5 heterocycles. The van der Waals surface area contributed by atoms with Crippen LogP contribution in [0.2, 0.25) is 0 Å². The monoisotopic (exact) mass is 446 g/mol. The summed E-state index contributed by atoms with van der Waals surface area (Å²) in [4.78, 5) is 27.4. The number of amides is 1. The number of anilines is 2.